The van der Waals surface area contributed by atoms with Gasteiger partial charge in [0.15, 0.2) is 5.84 Å². The fourth-order valence-corrected chi connectivity index (χ4v) is 3.20. The third kappa shape index (κ3) is 2.14. The molecule has 0 amide bonds. The van der Waals surface area contributed by atoms with Crippen molar-refractivity contribution in [1.82, 2.24) is 0 Å². The molecule has 5 nitrogen and oxygen atoms in total. The van der Waals surface area contributed by atoms with E-state index in [4.69, 9.17) is 5.73 Å². The van der Waals surface area contributed by atoms with Crippen LogP contribution < -0.4 is 11.1 Å². The van der Waals surface area contributed by atoms with E-state index >= 15 is 0 Å². The highest BCUT2D eigenvalue weighted by molar-refractivity contribution is 7.90. The first-order valence-electron chi connectivity index (χ1n) is 6.04. The molecule has 1 aliphatic heterocycles. The largest absolute Gasteiger partial charge is 0.399 e. The van der Waals surface area contributed by atoms with Crippen LogP contribution in [0.15, 0.2) is 51.8 Å². The van der Waals surface area contributed by atoms with E-state index in [0.29, 0.717) is 17.1 Å². The number of nitrogen functional groups attached to an aromatic ring is 1. The number of hydrogen-bond donors (Lipinski definition) is 2. The maximum absolute atomic E-state index is 12.0. The van der Waals surface area contributed by atoms with Crippen LogP contribution in [0.4, 0.5) is 11.4 Å². The Morgan fingerprint density at radius 3 is 2.50 bits per heavy atom. The normalized spacial score (nSPS) is 15.6. The molecule has 102 valence electrons. The van der Waals surface area contributed by atoms with Crippen LogP contribution in [0.1, 0.15) is 11.1 Å². The highest BCUT2D eigenvalue weighted by Crippen LogP contribution is 2.28. The maximum atomic E-state index is 12.0. The minimum atomic E-state index is -3.63. The van der Waals surface area contributed by atoms with Gasteiger partial charge in [0, 0.05) is 16.9 Å². The van der Waals surface area contributed by atoms with Crippen molar-refractivity contribution in [2.45, 2.75) is 11.8 Å². The maximum Gasteiger partial charge on any atom is 0.285 e. The summed E-state index contributed by atoms with van der Waals surface area (Å²) in [7, 11) is -3.63. The van der Waals surface area contributed by atoms with E-state index in [1.54, 1.807) is 12.1 Å². The van der Waals surface area contributed by atoms with Crippen molar-refractivity contribution < 1.29 is 8.42 Å². The predicted molar refractivity (Wildman–Crippen MR) is 79.4 cm³/mol. The van der Waals surface area contributed by atoms with Crippen molar-refractivity contribution >= 4 is 27.2 Å². The summed E-state index contributed by atoms with van der Waals surface area (Å²) in [6, 6.07) is 12.3. The predicted octanol–water partition coefficient (Wildman–Crippen LogP) is 2.14. The number of hydrogen-bond acceptors (Lipinski definition) is 4. The molecule has 3 N–H and O–H groups in total. The molecule has 0 aliphatic carbocycles. The third-order valence-electron chi connectivity index (χ3n) is 3.06. The molecule has 0 spiro atoms. The van der Waals surface area contributed by atoms with Crippen molar-refractivity contribution in [1.29, 1.82) is 0 Å². The topological polar surface area (TPSA) is 84.5 Å². The zero-order valence-electron chi connectivity index (χ0n) is 10.8. The molecule has 1 heterocycles. The number of nitrogens with two attached hydrogens (primary N) is 1. The van der Waals surface area contributed by atoms with Gasteiger partial charge in [-0.1, -0.05) is 17.7 Å². The average molecular weight is 287 g/mol. The molecule has 2 aromatic rings. The lowest BCUT2D eigenvalue weighted by Crippen LogP contribution is -2.11. The summed E-state index contributed by atoms with van der Waals surface area (Å²) >= 11 is 0. The van der Waals surface area contributed by atoms with Gasteiger partial charge in [0.25, 0.3) is 10.0 Å². The molecule has 6 heteroatoms. The van der Waals surface area contributed by atoms with Gasteiger partial charge >= 0.3 is 0 Å². The van der Waals surface area contributed by atoms with Crippen LogP contribution in [0.25, 0.3) is 0 Å². The number of amidine groups is 1. The van der Waals surface area contributed by atoms with E-state index in [0.717, 1.165) is 11.3 Å². The molecule has 0 bridgehead atoms. The van der Waals surface area contributed by atoms with Gasteiger partial charge in [-0.25, -0.2) is 0 Å². The summed E-state index contributed by atoms with van der Waals surface area (Å²) in [5, 5.41) is 3.02. The number of benzene rings is 2. The summed E-state index contributed by atoms with van der Waals surface area (Å²) in [5.74, 6) is 0.302. The van der Waals surface area contributed by atoms with Gasteiger partial charge in [0.2, 0.25) is 0 Å². The first-order chi connectivity index (χ1) is 9.45. The standard InChI is InChI=1S/C14H13N3O2S/c1-9-2-5-11(6-3-9)16-14-12-8-10(15)4-7-13(12)20(18,19)17-14/h2-8H,15H2,1H3,(H,16,17). The molecule has 0 atom stereocenters. The number of sulfonamides is 1. The minimum Gasteiger partial charge on any atom is -0.399 e. The van der Waals surface area contributed by atoms with E-state index in [1.807, 2.05) is 31.2 Å². The molecule has 0 saturated carbocycles. The Labute approximate surface area is 117 Å². The number of rotatable bonds is 1. The lowest BCUT2D eigenvalue weighted by molar-refractivity contribution is 0.599. The summed E-state index contributed by atoms with van der Waals surface area (Å²) < 4.78 is 27.7. The second kappa shape index (κ2) is 4.35. The molecule has 0 saturated heterocycles. The Kier molecular flexibility index (Phi) is 2.76. The molecular weight excluding hydrogens is 274 g/mol. The summed E-state index contributed by atoms with van der Waals surface area (Å²) in [4.78, 5) is 0.182. The van der Waals surface area contributed by atoms with Gasteiger partial charge in [-0.05, 0) is 37.3 Å². The first-order valence-corrected chi connectivity index (χ1v) is 7.48. The zero-order valence-corrected chi connectivity index (χ0v) is 11.6. The Morgan fingerprint density at radius 2 is 1.80 bits per heavy atom. The van der Waals surface area contributed by atoms with Crippen molar-refractivity contribution in [2.24, 2.45) is 4.40 Å². The van der Waals surface area contributed by atoms with E-state index in [2.05, 4.69) is 9.71 Å². The van der Waals surface area contributed by atoms with Crippen molar-refractivity contribution in [3.05, 3.63) is 53.6 Å². The molecule has 0 fully saturated rings. The number of anilines is 2. The van der Waals surface area contributed by atoms with Gasteiger partial charge in [0.1, 0.15) is 4.90 Å². The second-order valence-electron chi connectivity index (χ2n) is 4.66. The summed E-state index contributed by atoms with van der Waals surface area (Å²) in [6.45, 7) is 1.98. The van der Waals surface area contributed by atoms with Crippen LogP contribution in [0, 0.1) is 6.92 Å². The van der Waals surface area contributed by atoms with Crippen LogP contribution in [0.2, 0.25) is 0 Å². The van der Waals surface area contributed by atoms with E-state index in [1.165, 1.54) is 6.07 Å². The average Bonchev–Trinajstić information content (AvgIpc) is 2.63. The Balaban J connectivity index is 2.04. The number of fused-ring (bicyclic) bond motifs is 1. The fraction of sp³-hybridized carbons (Fsp3) is 0.0714. The molecule has 0 radical (unpaired) electrons. The number of nitrogens with zero attached hydrogens (tertiary/aromatic N) is 1. The highest BCUT2D eigenvalue weighted by Gasteiger charge is 2.28. The highest BCUT2D eigenvalue weighted by atomic mass is 32.2. The van der Waals surface area contributed by atoms with Crippen molar-refractivity contribution in [3.63, 3.8) is 0 Å². The third-order valence-corrected chi connectivity index (χ3v) is 4.40. The van der Waals surface area contributed by atoms with Crippen molar-refractivity contribution in [3.8, 4) is 0 Å². The van der Waals surface area contributed by atoms with E-state index < -0.39 is 10.0 Å². The fourth-order valence-electron chi connectivity index (χ4n) is 2.04. The minimum absolute atomic E-state index is 0.182. The van der Waals surface area contributed by atoms with Gasteiger partial charge < -0.3 is 11.1 Å². The van der Waals surface area contributed by atoms with Crippen molar-refractivity contribution in [2.75, 3.05) is 11.1 Å². The van der Waals surface area contributed by atoms with Gasteiger partial charge in [-0.3, -0.25) is 0 Å². The number of aryl methyl sites for hydroxylation is 1. The lowest BCUT2D eigenvalue weighted by atomic mass is 10.1. The van der Waals surface area contributed by atoms with Gasteiger partial charge in [-0.2, -0.15) is 8.42 Å². The van der Waals surface area contributed by atoms with Crippen LogP contribution in [0.5, 0.6) is 0 Å². The molecule has 0 unspecified atom stereocenters. The molecule has 20 heavy (non-hydrogen) atoms. The zero-order chi connectivity index (χ0) is 14.3. The van der Waals surface area contributed by atoms with Crippen LogP contribution in [-0.4, -0.2) is 14.3 Å². The first kappa shape index (κ1) is 12.7. The summed E-state index contributed by atoms with van der Waals surface area (Å²) in [5.41, 5.74) is 8.63. The number of nitrogens with one attached hydrogen (secondary N) is 1. The molecule has 2 aromatic carbocycles. The molecule has 3 rings (SSSR count). The van der Waals surface area contributed by atoms with Gasteiger partial charge in [0.05, 0.1) is 0 Å². The quantitative estimate of drug-likeness (QED) is 0.787. The smallest absolute Gasteiger partial charge is 0.285 e. The molecule has 0 aromatic heterocycles. The van der Waals surface area contributed by atoms with E-state index in [-0.39, 0.29) is 4.90 Å². The Hall–Kier alpha value is -2.34. The van der Waals surface area contributed by atoms with Crippen LogP contribution in [-0.2, 0) is 10.0 Å². The SMILES string of the molecule is Cc1ccc(NC2=NS(=O)(=O)c3ccc(N)cc32)cc1. The monoisotopic (exact) mass is 287 g/mol. The molecular formula is C14H13N3O2S. The second-order valence-corrected chi connectivity index (χ2v) is 6.23. The van der Waals surface area contributed by atoms with Gasteiger partial charge in [-0.15, -0.1) is 4.40 Å². The van der Waals surface area contributed by atoms with Crippen LogP contribution >= 0.6 is 0 Å². The van der Waals surface area contributed by atoms with Crippen LogP contribution in [0.3, 0.4) is 0 Å². The Bertz CT molecular complexity index is 809. The lowest BCUT2D eigenvalue weighted by Gasteiger charge is -2.07. The Morgan fingerprint density at radius 1 is 1.10 bits per heavy atom. The summed E-state index contributed by atoms with van der Waals surface area (Å²) in [6.07, 6.45) is 0. The molecule has 1 aliphatic rings. The van der Waals surface area contributed by atoms with E-state index in [9.17, 15) is 8.42 Å².